The summed E-state index contributed by atoms with van der Waals surface area (Å²) in [6, 6.07) is 13.6. The highest BCUT2D eigenvalue weighted by Gasteiger charge is 2.16. The molecule has 0 fully saturated rings. The smallest absolute Gasteiger partial charge is 0.240 e. The van der Waals surface area contributed by atoms with Crippen molar-refractivity contribution in [2.75, 3.05) is 0 Å². The first-order valence-electron chi connectivity index (χ1n) is 9.13. The number of nitrogens with one attached hydrogen (secondary N) is 1. The number of hydrogen-bond donors (Lipinski definition) is 1. The third-order valence-electron chi connectivity index (χ3n) is 4.70. The molecule has 8 heteroatoms. The van der Waals surface area contributed by atoms with E-state index in [2.05, 4.69) is 20.6 Å². The average molecular weight is 412 g/mol. The van der Waals surface area contributed by atoms with Crippen molar-refractivity contribution in [3.05, 3.63) is 82.7 Å². The van der Waals surface area contributed by atoms with Crippen LogP contribution in [0.2, 0.25) is 5.02 Å². The lowest BCUT2D eigenvalue weighted by molar-refractivity contribution is 0.360. The molecule has 29 heavy (non-hydrogen) atoms. The van der Waals surface area contributed by atoms with Crippen LogP contribution in [0, 0.1) is 12.7 Å². The second kappa shape index (κ2) is 8.14. The van der Waals surface area contributed by atoms with E-state index in [1.165, 1.54) is 12.1 Å². The molecule has 0 radical (unpaired) electrons. The van der Waals surface area contributed by atoms with E-state index in [1.54, 1.807) is 29.1 Å². The molecule has 0 saturated carbocycles. The van der Waals surface area contributed by atoms with Gasteiger partial charge in [-0.3, -0.25) is 0 Å². The molecule has 0 aliphatic heterocycles. The summed E-state index contributed by atoms with van der Waals surface area (Å²) in [6.07, 6.45) is 1.78. The summed E-state index contributed by atoms with van der Waals surface area (Å²) in [7, 11) is 0. The molecule has 0 bridgehead atoms. The first-order chi connectivity index (χ1) is 14.0. The minimum atomic E-state index is -0.294. The van der Waals surface area contributed by atoms with Gasteiger partial charge in [0.1, 0.15) is 5.82 Å². The Balaban J connectivity index is 1.44. The summed E-state index contributed by atoms with van der Waals surface area (Å²) in [5.74, 6) is 0.705. The van der Waals surface area contributed by atoms with Crippen LogP contribution in [0.4, 0.5) is 4.39 Å². The Kier molecular flexibility index (Phi) is 5.42. The third kappa shape index (κ3) is 4.21. The summed E-state index contributed by atoms with van der Waals surface area (Å²) in [4.78, 5) is 4.41. The summed E-state index contributed by atoms with van der Waals surface area (Å²) in [5, 5.41) is 12.4. The van der Waals surface area contributed by atoms with E-state index in [1.807, 2.05) is 32.0 Å². The zero-order chi connectivity index (χ0) is 20.4. The van der Waals surface area contributed by atoms with Gasteiger partial charge in [-0.15, -0.1) is 0 Å². The molecular formula is C21H19ClFN5O. The average Bonchev–Trinajstić information content (AvgIpc) is 3.33. The Bertz CT molecular complexity index is 1120. The van der Waals surface area contributed by atoms with Crippen LogP contribution < -0.4 is 5.32 Å². The molecule has 2 aromatic heterocycles. The molecule has 1 atom stereocenters. The van der Waals surface area contributed by atoms with Crippen LogP contribution in [0.1, 0.15) is 30.1 Å². The van der Waals surface area contributed by atoms with Crippen LogP contribution in [0.15, 0.2) is 59.3 Å². The minimum Gasteiger partial charge on any atom is -0.338 e. The van der Waals surface area contributed by atoms with Gasteiger partial charge in [0.05, 0.1) is 18.4 Å². The SMILES string of the molecule is Cc1c([C@H](C)NCc2nc(-c3ccc(Cl)cc3)no2)cnn1-c1cccc(F)c1. The fraction of sp³-hybridized carbons (Fsp3) is 0.190. The van der Waals surface area contributed by atoms with Crippen molar-refractivity contribution in [2.24, 2.45) is 0 Å². The van der Waals surface area contributed by atoms with Crippen LogP contribution in [0.25, 0.3) is 17.1 Å². The van der Waals surface area contributed by atoms with Crippen molar-refractivity contribution in [2.45, 2.75) is 26.4 Å². The summed E-state index contributed by atoms with van der Waals surface area (Å²) < 4.78 is 20.6. The molecule has 0 saturated heterocycles. The van der Waals surface area contributed by atoms with E-state index in [-0.39, 0.29) is 11.9 Å². The summed E-state index contributed by atoms with van der Waals surface area (Å²) in [5.41, 5.74) is 3.46. The largest absolute Gasteiger partial charge is 0.338 e. The topological polar surface area (TPSA) is 68.8 Å². The molecule has 4 rings (SSSR count). The van der Waals surface area contributed by atoms with E-state index in [0.29, 0.717) is 29.0 Å². The normalized spacial score (nSPS) is 12.3. The van der Waals surface area contributed by atoms with Crippen molar-refractivity contribution < 1.29 is 8.91 Å². The molecule has 6 nitrogen and oxygen atoms in total. The molecule has 0 amide bonds. The number of nitrogens with zero attached hydrogens (tertiary/aromatic N) is 4. The van der Waals surface area contributed by atoms with E-state index in [4.69, 9.17) is 16.1 Å². The van der Waals surface area contributed by atoms with Gasteiger partial charge >= 0.3 is 0 Å². The van der Waals surface area contributed by atoms with Gasteiger partial charge in [0.25, 0.3) is 0 Å². The molecular weight excluding hydrogens is 393 g/mol. The maximum Gasteiger partial charge on any atom is 0.240 e. The number of benzene rings is 2. The summed E-state index contributed by atoms with van der Waals surface area (Å²) >= 11 is 5.91. The van der Waals surface area contributed by atoms with Crippen molar-refractivity contribution in [1.82, 2.24) is 25.2 Å². The highest BCUT2D eigenvalue weighted by molar-refractivity contribution is 6.30. The summed E-state index contributed by atoms with van der Waals surface area (Å²) in [6.45, 7) is 4.39. The molecule has 0 unspecified atom stereocenters. The monoisotopic (exact) mass is 411 g/mol. The lowest BCUT2D eigenvalue weighted by Crippen LogP contribution is -2.19. The van der Waals surface area contributed by atoms with Crippen LogP contribution in [-0.2, 0) is 6.54 Å². The lowest BCUT2D eigenvalue weighted by Gasteiger charge is -2.12. The molecule has 1 N–H and O–H groups in total. The molecule has 0 aliphatic rings. The second-order valence-electron chi connectivity index (χ2n) is 6.70. The maximum atomic E-state index is 13.5. The zero-order valence-electron chi connectivity index (χ0n) is 15.9. The molecule has 0 spiro atoms. The number of rotatable bonds is 6. The third-order valence-corrected chi connectivity index (χ3v) is 4.95. The maximum absolute atomic E-state index is 13.5. The first kappa shape index (κ1) is 19.3. The van der Waals surface area contributed by atoms with Gasteiger partial charge in [-0.2, -0.15) is 10.1 Å². The number of hydrogen-bond acceptors (Lipinski definition) is 5. The quantitative estimate of drug-likeness (QED) is 0.490. The highest BCUT2D eigenvalue weighted by atomic mass is 35.5. The fourth-order valence-electron chi connectivity index (χ4n) is 3.11. The van der Waals surface area contributed by atoms with Gasteiger partial charge in [-0.05, 0) is 56.3 Å². The minimum absolute atomic E-state index is 0.0109. The predicted octanol–water partition coefficient (Wildman–Crippen LogP) is 4.87. The molecule has 2 aromatic carbocycles. The second-order valence-corrected chi connectivity index (χ2v) is 7.13. The Morgan fingerprint density at radius 2 is 2.00 bits per heavy atom. The standard InChI is InChI=1S/C21H19ClFN5O/c1-13(19-11-25-28(14(19)2)18-5-3-4-17(23)10-18)24-12-20-26-21(27-29-20)15-6-8-16(22)9-7-15/h3-11,13,24H,12H2,1-2H3/t13-/m0/s1. The molecule has 4 aromatic rings. The molecule has 2 heterocycles. The fourth-order valence-corrected chi connectivity index (χ4v) is 3.23. The lowest BCUT2D eigenvalue weighted by atomic mass is 10.1. The van der Waals surface area contributed by atoms with Gasteiger partial charge in [-0.25, -0.2) is 9.07 Å². The van der Waals surface area contributed by atoms with E-state index < -0.39 is 0 Å². The van der Waals surface area contributed by atoms with Gasteiger partial charge in [0.15, 0.2) is 0 Å². The van der Waals surface area contributed by atoms with Crippen molar-refractivity contribution in [3.63, 3.8) is 0 Å². The van der Waals surface area contributed by atoms with Crippen LogP contribution in [0.3, 0.4) is 0 Å². The Labute approximate surface area is 172 Å². The van der Waals surface area contributed by atoms with Crippen LogP contribution >= 0.6 is 11.6 Å². The highest BCUT2D eigenvalue weighted by Crippen LogP contribution is 2.22. The Morgan fingerprint density at radius 1 is 1.21 bits per heavy atom. The Morgan fingerprint density at radius 3 is 2.76 bits per heavy atom. The van der Waals surface area contributed by atoms with E-state index in [0.717, 1.165) is 16.8 Å². The van der Waals surface area contributed by atoms with Gasteiger partial charge < -0.3 is 9.84 Å². The van der Waals surface area contributed by atoms with Gasteiger partial charge in [0.2, 0.25) is 11.7 Å². The zero-order valence-corrected chi connectivity index (χ0v) is 16.7. The van der Waals surface area contributed by atoms with Gasteiger partial charge in [0, 0.05) is 27.9 Å². The first-order valence-corrected chi connectivity index (χ1v) is 9.51. The van der Waals surface area contributed by atoms with Crippen molar-refractivity contribution >= 4 is 11.6 Å². The number of aromatic nitrogens is 4. The molecule has 148 valence electrons. The van der Waals surface area contributed by atoms with Crippen molar-refractivity contribution in [1.29, 1.82) is 0 Å². The van der Waals surface area contributed by atoms with E-state index >= 15 is 0 Å². The van der Waals surface area contributed by atoms with Crippen LogP contribution in [-0.4, -0.2) is 19.9 Å². The van der Waals surface area contributed by atoms with E-state index in [9.17, 15) is 4.39 Å². The Hall–Kier alpha value is -3.03. The van der Waals surface area contributed by atoms with Gasteiger partial charge in [-0.1, -0.05) is 22.8 Å². The predicted molar refractivity (Wildman–Crippen MR) is 108 cm³/mol. The molecule has 0 aliphatic carbocycles. The van der Waals surface area contributed by atoms with Crippen molar-refractivity contribution in [3.8, 4) is 17.1 Å². The number of halogens is 2. The van der Waals surface area contributed by atoms with Crippen LogP contribution in [0.5, 0.6) is 0 Å².